The van der Waals surface area contributed by atoms with Crippen LogP contribution in [0.4, 0.5) is 0 Å². The zero-order valence-electron chi connectivity index (χ0n) is 12.8. The van der Waals surface area contributed by atoms with Crippen LogP contribution in [-0.2, 0) is 14.3 Å². The van der Waals surface area contributed by atoms with Crippen LogP contribution in [0, 0.1) is 11.3 Å². The highest BCUT2D eigenvalue weighted by atomic mass is 16.5. The van der Waals surface area contributed by atoms with Gasteiger partial charge < -0.3 is 15.2 Å². The van der Waals surface area contributed by atoms with E-state index in [1.54, 1.807) is 4.90 Å². The summed E-state index contributed by atoms with van der Waals surface area (Å²) in [6, 6.07) is 0.117. The van der Waals surface area contributed by atoms with Crippen LogP contribution >= 0.6 is 0 Å². The van der Waals surface area contributed by atoms with Gasteiger partial charge in [0.25, 0.3) is 0 Å². The van der Waals surface area contributed by atoms with Crippen molar-refractivity contribution in [1.29, 1.82) is 0 Å². The molecule has 0 amide bonds. The van der Waals surface area contributed by atoms with Crippen molar-refractivity contribution in [3.63, 3.8) is 0 Å². The fourth-order valence-electron chi connectivity index (χ4n) is 2.45. The molecule has 116 valence electrons. The van der Waals surface area contributed by atoms with Gasteiger partial charge in [-0.15, -0.1) is 0 Å². The predicted molar refractivity (Wildman–Crippen MR) is 75.4 cm³/mol. The number of ether oxygens (including phenoxy) is 1. The molecule has 0 bridgehead atoms. The van der Waals surface area contributed by atoms with Crippen LogP contribution in [0.1, 0.15) is 27.2 Å². The Morgan fingerprint density at radius 1 is 1.35 bits per heavy atom. The fraction of sp³-hybridized carbons (Fsp3) is 0.857. The number of rotatable bonds is 5. The fourth-order valence-corrected chi connectivity index (χ4v) is 2.45. The van der Waals surface area contributed by atoms with E-state index in [2.05, 4.69) is 26.1 Å². The lowest BCUT2D eigenvalue weighted by atomic mass is 9.92. The predicted octanol–water partition coefficient (Wildman–Crippen LogP) is 0.570. The van der Waals surface area contributed by atoms with Crippen molar-refractivity contribution in [1.82, 2.24) is 10.2 Å². The van der Waals surface area contributed by atoms with E-state index in [9.17, 15) is 9.59 Å². The molecule has 0 aromatic rings. The van der Waals surface area contributed by atoms with Crippen molar-refractivity contribution in [3.8, 4) is 0 Å². The van der Waals surface area contributed by atoms with Gasteiger partial charge in [0.15, 0.2) is 0 Å². The molecule has 1 fully saturated rings. The molecular formula is C14H26N2O4. The molecule has 0 aromatic carbocycles. The van der Waals surface area contributed by atoms with E-state index in [4.69, 9.17) is 9.84 Å². The number of aliphatic carboxylic acids is 1. The topological polar surface area (TPSA) is 78.9 Å². The Labute approximate surface area is 120 Å². The summed E-state index contributed by atoms with van der Waals surface area (Å²) in [7, 11) is 1.37. The minimum Gasteiger partial charge on any atom is -0.480 e. The number of hydrogen-bond donors (Lipinski definition) is 2. The molecule has 0 spiro atoms. The Morgan fingerprint density at radius 2 is 2.00 bits per heavy atom. The lowest BCUT2D eigenvalue weighted by Gasteiger charge is -2.37. The van der Waals surface area contributed by atoms with Gasteiger partial charge in [0.05, 0.1) is 19.6 Å². The average molecular weight is 286 g/mol. The molecule has 0 aliphatic carbocycles. The number of methoxy groups -OCH3 is 1. The van der Waals surface area contributed by atoms with Crippen LogP contribution in [0.3, 0.4) is 0 Å². The summed E-state index contributed by atoms with van der Waals surface area (Å²) >= 11 is 0. The summed E-state index contributed by atoms with van der Waals surface area (Å²) in [5.74, 6) is -1.39. The molecule has 1 aliphatic rings. The maximum absolute atomic E-state index is 11.7. The van der Waals surface area contributed by atoms with E-state index < -0.39 is 5.97 Å². The maximum Gasteiger partial charge on any atom is 0.317 e. The van der Waals surface area contributed by atoms with Gasteiger partial charge >= 0.3 is 11.9 Å². The van der Waals surface area contributed by atoms with Gasteiger partial charge in [0, 0.05) is 25.7 Å². The largest absolute Gasteiger partial charge is 0.480 e. The molecule has 0 saturated carbocycles. The number of esters is 1. The van der Waals surface area contributed by atoms with Crippen molar-refractivity contribution in [3.05, 3.63) is 0 Å². The average Bonchev–Trinajstić information content (AvgIpc) is 2.33. The second kappa shape index (κ2) is 7.04. The lowest BCUT2D eigenvalue weighted by Crippen LogP contribution is -2.53. The summed E-state index contributed by atoms with van der Waals surface area (Å²) in [4.78, 5) is 24.4. The SMILES string of the molecule is COC(=O)C1CC(NCC(C)(C)C)CN(CC(=O)O)C1. The Morgan fingerprint density at radius 3 is 2.50 bits per heavy atom. The Hall–Kier alpha value is -1.14. The summed E-state index contributed by atoms with van der Waals surface area (Å²) in [5.41, 5.74) is 0.149. The van der Waals surface area contributed by atoms with Crippen molar-refractivity contribution < 1.29 is 19.4 Å². The number of nitrogens with zero attached hydrogens (tertiary/aromatic N) is 1. The van der Waals surface area contributed by atoms with E-state index in [0.29, 0.717) is 19.5 Å². The number of likely N-dealkylation sites (tertiary alicyclic amines) is 1. The first-order valence-corrected chi connectivity index (χ1v) is 6.96. The third kappa shape index (κ3) is 5.88. The third-order valence-electron chi connectivity index (χ3n) is 3.34. The van der Waals surface area contributed by atoms with Gasteiger partial charge in [0.1, 0.15) is 0 Å². The number of nitrogens with one attached hydrogen (secondary N) is 1. The van der Waals surface area contributed by atoms with Gasteiger partial charge in [0.2, 0.25) is 0 Å². The second-order valence-corrected chi connectivity index (χ2v) is 6.68. The highest BCUT2D eigenvalue weighted by molar-refractivity contribution is 5.73. The highest BCUT2D eigenvalue weighted by Crippen LogP contribution is 2.19. The molecule has 1 saturated heterocycles. The molecule has 6 nitrogen and oxygen atoms in total. The van der Waals surface area contributed by atoms with Crippen LogP contribution in [0.5, 0.6) is 0 Å². The van der Waals surface area contributed by atoms with Crippen molar-refractivity contribution in [2.75, 3.05) is 33.3 Å². The standard InChI is InChI=1S/C14H26N2O4/c1-14(2,3)9-15-11-5-10(13(19)20-4)6-16(7-11)8-12(17)18/h10-11,15H,5-9H2,1-4H3,(H,17,18). The molecule has 1 aliphatic heterocycles. The van der Waals surface area contributed by atoms with E-state index >= 15 is 0 Å². The van der Waals surface area contributed by atoms with Crippen LogP contribution in [0.2, 0.25) is 0 Å². The van der Waals surface area contributed by atoms with Crippen LogP contribution in [0.25, 0.3) is 0 Å². The molecule has 0 aromatic heterocycles. The maximum atomic E-state index is 11.7. The molecule has 6 heteroatoms. The van der Waals surface area contributed by atoms with Gasteiger partial charge in [-0.2, -0.15) is 0 Å². The summed E-state index contributed by atoms with van der Waals surface area (Å²) in [6.45, 7) is 8.29. The normalized spacial score (nSPS) is 24.4. The van der Waals surface area contributed by atoms with Crippen LogP contribution in [-0.4, -0.2) is 61.3 Å². The van der Waals surface area contributed by atoms with Crippen LogP contribution < -0.4 is 5.32 Å². The Kier molecular flexibility index (Phi) is 5.95. The molecule has 2 atom stereocenters. The molecular weight excluding hydrogens is 260 g/mol. The van der Waals surface area contributed by atoms with Crippen molar-refractivity contribution in [2.24, 2.45) is 11.3 Å². The van der Waals surface area contributed by atoms with Crippen LogP contribution in [0.15, 0.2) is 0 Å². The second-order valence-electron chi connectivity index (χ2n) is 6.68. The summed E-state index contributed by atoms with van der Waals surface area (Å²) in [6.07, 6.45) is 0.693. The molecule has 1 rings (SSSR count). The Bertz CT molecular complexity index is 352. The zero-order chi connectivity index (χ0) is 15.3. The number of piperidine rings is 1. The van der Waals surface area contributed by atoms with E-state index in [1.165, 1.54) is 7.11 Å². The first-order valence-electron chi connectivity index (χ1n) is 6.96. The molecule has 2 unspecified atom stereocenters. The van der Waals surface area contributed by atoms with E-state index in [1.807, 2.05) is 0 Å². The minimum atomic E-state index is -0.870. The quantitative estimate of drug-likeness (QED) is 0.719. The minimum absolute atomic E-state index is 0.0405. The lowest BCUT2D eigenvalue weighted by molar-refractivity contribution is -0.149. The van der Waals surface area contributed by atoms with Gasteiger partial charge in [-0.05, 0) is 11.8 Å². The highest BCUT2D eigenvalue weighted by Gasteiger charge is 2.33. The first-order chi connectivity index (χ1) is 9.21. The third-order valence-corrected chi connectivity index (χ3v) is 3.34. The summed E-state index contributed by atoms with van der Waals surface area (Å²) < 4.78 is 4.80. The molecule has 0 radical (unpaired) electrons. The molecule has 20 heavy (non-hydrogen) atoms. The monoisotopic (exact) mass is 286 g/mol. The number of carbonyl (C=O) groups is 2. The van der Waals surface area contributed by atoms with Gasteiger partial charge in [-0.3, -0.25) is 14.5 Å². The molecule has 1 heterocycles. The van der Waals surface area contributed by atoms with Crippen molar-refractivity contribution >= 4 is 11.9 Å². The van der Waals surface area contributed by atoms with Gasteiger partial charge in [-0.25, -0.2) is 0 Å². The number of carboxylic acids is 1. The number of carbonyl (C=O) groups excluding carboxylic acids is 1. The van der Waals surface area contributed by atoms with E-state index in [-0.39, 0.29) is 29.9 Å². The zero-order valence-corrected chi connectivity index (χ0v) is 12.8. The Balaban J connectivity index is 2.64. The smallest absolute Gasteiger partial charge is 0.317 e. The van der Waals surface area contributed by atoms with E-state index in [0.717, 1.165) is 6.54 Å². The molecule has 2 N–H and O–H groups in total. The number of hydrogen-bond acceptors (Lipinski definition) is 5. The first kappa shape index (κ1) is 16.9. The number of carboxylic acid groups (broad SMARTS) is 1. The van der Waals surface area contributed by atoms with Gasteiger partial charge in [-0.1, -0.05) is 20.8 Å². The summed E-state index contributed by atoms with van der Waals surface area (Å²) in [5, 5.41) is 12.3. The van der Waals surface area contributed by atoms with Crippen molar-refractivity contribution in [2.45, 2.75) is 33.2 Å².